The number of nitrogens with two attached hydrogens (primary N) is 1. The van der Waals surface area contributed by atoms with Gasteiger partial charge < -0.3 is 15.8 Å². The van der Waals surface area contributed by atoms with Crippen molar-refractivity contribution in [1.29, 1.82) is 0 Å². The van der Waals surface area contributed by atoms with Crippen LogP contribution >= 0.6 is 11.3 Å². The molecule has 0 fully saturated rings. The molecule has 0 aliphatic heterocycles. The van der Waals surface area contributed by atoms with Crippen LogP contribution in [-0.2, 0) is 0 Å². The molecule has 20 heavy (non-hydrogen) atoms. The lowest BCUT2D eigenvalue weighted by atomic mass is 10.2. The lowest BCUT2D eigenvalue weighted by molar-refractivity contribution is 0.292. The molecule has 3 N–H and O–H groups in total. The highest BCUT2D eigenvalue weighted by atomic mass is 32.1. The summed E-state index contributed by atoms with van der Waals surface area (Å²) in [6, 6.07) is 4.55. The topological polar surface area (TPSA) is 86.0 Å². The van der Waals surface area contributed by atoms with Crippen LogP contribution in [0.2, 0.25) is 0 Å². The summed E-state index contributed by atoms with van der Waals surface area (Å²) in [4.78, 5) is 13.5. The summed E-state index contributed by atoms with van der Waals surface area (Å²) in [7, 11) is 0. The Morgan fingerprint density at radius 2 is 2.20 bits per heavy atom. The smallest absolute Gasteiger partial charge is 0.323 e. The van der Waals surface area contributed by atoms with Gasteiger partial charge in [0.05, 0.1) is 12.6 Å². The first-order valence-electron chi connectivity index (χ1n) is 6.67. The van der Waals surface area contributed by atoms with E-state index in [1.807, 2.05) is 13.0 Å². The normalized spacial score (nSPS) is 12.1. The largest absolute Gasteiger partial charge is 0.463 e. The molecule has 0 saturated carbocycles. The molecule has 0 bridgehead atoms. The summed E-state index contributed by atoms with van der Waals surface area (Å²) in [5, 5.41) is 5.33. The predicted octanol–water partition coefficient (Wildman–Crippen LogP) is 2.87. The SMILES string of the molecule is CCCOc1nc(N)nc(NC(CC)c2cccs2)n1. The Morgan fingerprint density at radius 1 is 1.35 bits per heavy atom. The minimum atomic E-state index is 0.162. The van der Waals surface area contributed by atoms with Gasteiger partial charge in [0.1, 0.15) is 0 Å². The fraction of sp³-hybridized carbons (Fsp3) is 0.462. The Balaban J connectivity index is 2.13. The maximum atomic E-state index is 5.69. The minimum absolute atomic E-state index is 0.162. The van der Waals surface area contributed by atoms with E-state index in [2.05, 4.69) is 38.6 Å². The zero-order chi connectivity index (χ0) is 14.4. The van der Waals surface area contributed by atoms with Crippen LogP contribution in [0.1, 0.15) is 37.6 Å². The van der Waals surface area contributed by atoms with Crippen molar-refractivity contribution in [2.45, 2.75) is 32.7 Å². The van der Waals surface area contributed by atoms with E-state index < -0.39 is 0 Å². The standard InChI is InChI=1S/C13H19N5OS/c1-3-7-19-13-17-11(14)16-12(18-13)15-9(4-2)10-6-5-8-20-10/h5-6,8-9H,3-4,7H2,1-2H3,(H3,14,15,16,17,18). The van der Waals surface area contributed by atoms with Gasteiger partial charge in [0, 0.05) is 4.88 Å². The van der Waals surface area contributed by atoms with Crippen molar-refractivity contribution < 1.29 is 4.74 Å². The first kappa shape index (κ1) is 14.5. The number of rotatable bonds is 7. The first-order chi connectivity index (χ1) is 9.72. The molecule has 2 aromatic rings. The van der Waals surface area contributed by atoms with Crippen molar-refractivity contribution >= 4 is 23.2 Å². The van der Waals surface area contributed by atoms with Crippen LogP contribution in [0.25, 0.3) is 0 Å². The summed E-state index contributed by atoms with van der Waals surface area (Å²) >= 11 is 1.70. The van der Waals surface area contributed by atoms with Gasteiger partial charge in [0.15, 0.2) is 0 Å². The summed E-state index contributed by atoms with van der Waals surface area (Å²) < 4.78 is 5.40. The van der Waals surface area contributed by atoms with Crippen molar-refractivity contribution in [3.63, 3.8) is 0 Å². The van der Waals surface area contributed by atoms with Crippen molar-refractivity contribution in [2.75, 3.05) is 17.7 Å². The quantitative estimate of drug-likeness (QED) is 0.816. The van der Waals surface area contributed by atoms with E-state index in [1.165, 1.54) is 4.88 Å². The van der Waals surface area contributed by atoms with Gasteiger partial charge in [-0.1, -0.05) is 19.9 Å². The fourth-order valence-electron chi connectivity index (χ4n) is 1.71. The van der Waals surface area contributed by atoms with E-state index in [1.54, 1.807) is 11.3 Å². The maximum absolute atomic E-state index is 5.69. The number of hydrogen-bond donors (Lipinski definition) is 2. The Kier molecular flexibility index (Phi) is 5.11. The van der Waals surface area contributed by atoms with Crippen molar-refractivity contribution in [1.82, 2.24) is 15.0 Å². The molecule has 0 saturated heterocycles. The summed E-state index contributed by atoms with van der Waals surface area (Å²) in [5.41, 5.74) is 5.69. The number of nitrogen functional groups attached to an aromatic ring is 1. The Hall–Kier alpha value is -1.89. The lowest BCUT2D eigenvalue weighted by Crippen LogP contribution is -2.13. The van der Waals surface area contributed by atoms with Gasteiger partial charge in [-0.2, -0.15) is 15.0 Å². The third kappa shape index (κ3) is 3.80. The van der Waals surface area contributed by atoms with Crippen LogP contribution in [0.4, 0.5) is 11.9 Å². The number of aromatic nitrogens is 3. The maximum Gasteiger partial charge on any atom is 0.323 e. The molecule has 7 heteroatoms. The molecule has 1 unspecified atom stereocenters. The molecular formula is C13H19N5OS. The van der Waals surface area contributed by atoms with E-state index in [4.69, 9.17) is 10.5 Å². The van der Waals surface area contributed by atoms with Crippen LogP contribution in [0.3, 0.4) is 0 Å². The Morgan fingerprint density at radius 3 is 2.85 bits per heavy atom. The molecule has 0 aromatic carbocycles. The highest BCUT2D eigenvalue weighted by Crippen LogP contribution is 2.25. The molecule has 2 rings (SSSR count). The molecule has 0 spiro atoms. The predicted molar refractivity (Wildman–Crippen MR) is 81.0 cm³/mol. The molecule has 108 valence electrons. The van der Waals surface area contributed by atoms with Gasteiger partial charge in [-0.3, -0.25) is 0 Å². The van der Waals surface area contributed by atoms with Gasteiger partial charge in [-0.15, -0.1) is 11.3 Å². The highest BCUT2D eigenvalue weighted by Gasteiger charge is 2.13. The van der Waals surface area contributed by atoms with E-state index in [0.29, 0.717) is 12.6 Å². The molecule has 2 aromatic heterocycles. The summed E-state index contributed by atoms with van der Waals surface area (Å²) in [6.45, 7) is 4.69. The van der Waals surface area contributed by atoms with Crippen molar-refractivity contribution in [3.8, 4) is 6.01 Å². The van der Waals surface area contributed by atoms with Crippen LogP contribution in [0, 0.1) is 0 Å². The number of nitrogens with zero attached hydrogens (tertiary/aromatic N) is 3. The minimum Gasteiger partial charge on any atom is -0.463 e. The lowest BCUT2D eigenvalue weighted by Gasteiger charge is -2.15. The fourth-order valence-corrected chi connectivity index (χ4v) is 2.58. The van der Waals surface area contributed by atoms with Gasteiger partial charge in [-0.05, 0) is 24.3 Å². The molecule has 0 aliphatic rings. The molecule has 2 heterocycles. The van der Waals surface area contributed by atoms with E-state index in [-0.39, 0.29) is 18.0 Å². The molecule has 6 nitrogen and oxygen atoms in total. The number of anilines is 2. The highest BCUT2D eigenvalue weighted by molar-refractivity contribution is 7.10. The van der Waals surface area contributed by atoms with Gasteiger partial charge in [-0.25, -0.2) is 0 Å². The summed E-state index contributed by atoms with van der Waals surface area (Å²) in [5.74, 6) is 0.610. The van der Waals surface area contributed by atoms with Crippen molar-refractivity contribution in [3.05, 3.63) is 22.4 Å². The molecule has 0 aliphatic carbocycles. The second-order valence-electron chi connectivity index (χ2n) is 4.27. The number of thiophene rings is 1. The molecule has 1 atom stereocenters. The Bertz CT molecular complexity index is 532. The monoisotopic (exact) mass is 293 g/mol. The third-order valence-electron chi connectivity index (χ3n) is 2.67. The van der Waals surface area contributed by atoms with Gasteiger partial charge in [0.25, 0.3) is 0 Å². The zero-order valence-electron chi connectivity index (χ0n) is 11.7. The van der Waals surface area contributed by atoms with E-state index >= 15 is 0 Å². The first-order valence-corrected chi connectivity index (χ1v) is 7.55. The number of nitrogens with one attached hydrogen (secondary N) is 1. The second-order valence-corrected chi connectivity index (χ2v) is 5.25. The van der Waals surface area contributed by atoms with Gasteiger partial charge in [0.2, 0.25) is 11.9 Å². The number of hydrogen-bond acceptors (Lipinski definition) is 7. The van der Waals surface area contributed by atoms with Gasteiger partial charge >= 0.3 is 6.01 Å². The zero-order valence-corrected chi connectivity index (χ0v) is 12.5. The van der Waals surface area contributed by atoms with Crippen molar-refractivity contribution in [2.24, 2.45) is 0 Å². The average molecular weight is 293 g/mol. The van der Waals surface area contributed by atoms with Crippen LogP contribution in [0.5, 0.6) is 6.01 Å². The Labute approximate surface area is 122 Å². The molecular weight excluding hydrogens is 274 g/mol. The van der Waals surface area contributed by atoms with E-state index in [0.717, 1.165) is 12.8 Å². The van der Waals surface area contributed by atoms with E-state index in [9.17, 15) is 0 Å². The molecule has 0 amide bonds. The second kappa shape index (κ2) is 7.04. The third-order valence-corrected chi connectivity index (χ3v) is 3.65. The average Bonchev–Trinajstić information content (AvgIpc) is 2.96. The van der Waals surface area contributed by atoms with Crippen LogP contribution < -0.4 is 15.8 Å². The number of ether oxygens (including phenoxy) is 1. The molecule has 0 radical (unpaired) electrons. The van der Waals surface area contributed by atoms with Crippen LogP contribution in [-0.4, -0.2) is 21.6 Å². The van der Waals surface area contributed by atoms with Crippen LogP contribution in [0.15, 0.2) is 17.5 Å². The summed E-state index contributed by atoms with van der Waals surface area (Å²) in [6.07, 6.45) is 1.82.